The van der Waals surface area contributed by atoms with Crippen molar-refractivity contribution in [1.29, 1.82) is 0 Å². The molecule has 1 unspecified atom stereocenters. The minimum Gasteiger partial charge on any atom is -0.381 e. The van der Waals surface area contributed by atoms with Crippen molar-refractivity contribution in [1.82, 2.24) is 10.2 Å². The highest BCUT2D eigenvalue weighted by Crippen LogP contribution is 2.29. The van der Waals surface area contributed by atoms with Crippen molar-refractivity contribution in [2.24, 2.45) is 5.92 Å². The van der Waals surface area contributed by atoms with Crippen molar-refractivity contribution < 1.29 is 9.53 Å². The Hall–Kier alpha value is -2.57. The van der Waals surface area contributed by atoms with Crippen LogP contribution in [0.15, 0.2) is 42.5 Å². The van der Waals surface area contributed by atoms with Gasteiger partial charge in [0, 0.05) is 17.7 Å². The van der Waals surface area contributed by atoms with Crippen LogP contribution >= 0.6 is 11.6 Å². The summed E-state index contributed by atoms with van der Waals surface area (Å²) in [6.07, 6.45) is 0.750. The Morgan fingerprint density at radius 1 is 1.28 bits per heavy atom. The van der Waals surface area contributed by atoms with Gasteiger partial charge >= 0.3 is 0 Å². The zero-order valence-electron chi connectivity index (χ0n) is 13.4. The number of ether oxygens (including phenoxy) is 1. The molecular weight excluding hydrogens is 340 g/mol. The molecule has 128 valence electrons. The normalized spacial score (nSPS) is 16.9. The van der Waals surface area contributed by atoms with Gasteiger partial charge in [0.25, 0.3) is 0 Å². The largest absolute Gasteiger partial charge is 0.381 e. The van der Waals surface area contributed by atoms with E-state index in [1.807, 2.05) is 42.5 Å². The number of aromatic nitrogens is 2. The topological polar surface area (TPSA) is 79.0 Å². The monoisotopic (exact) mass is 356 g/mol. The standard InChI is InChI=1S/C18H17ClN4O2/c19-14-3-1-2-4-15(14)20-12-5-6-13-16(9-12)22-23-17(13)21-18(24)11-7-8-25-10-11/h1-6,9,11,20H,7-8,10H2,(H2,21,22,23,24). The van der Waals surface area contributed by atoms with Gasteiger partial charge in [-0.1, -0.05) is 23.7 Å². The maximum atomic E-state index is 12.2. The number of fused-ring (bicyclic) bond motifs is 1. The third kappa shape index (κ3) is 3.31. The number of rotatable bonds is 4. The molecule has 0 saturated carbocycles. The molecule has 7 heteroatoms. The second kappa shape index (κ2) is 6.74. The Morgan fingerprint density at radius 2 is 2.16 bits per heavy atom. The molecule has 0 radical (unpaired) electrons. The molecule has 1 saturated heterocycles. The van der Waals surface area contributed by atoms with E-state index in [2.05, 4.69) is 20.8 Å². The van der Waals surface area contributed by atoms with E-state index < -0.39 is 0 Å². The third-order valence-electron chi connectivity index (χ3n) is 4.26. The van der Waals surface area contributed by atoms with E-state index in [4.69, 9.17) is 16.3 Å². The molecule has 1 aromatic heterocycles. The van der Waals surface area contributed by atoms with Crippen LogP contribution in [0.4, 0.5) is 17.2 Å². The lowest BCUT2D eigenvalue weighted by molar-refractivity contribution is -0.119. The van der Waals surface area contributed by atoms with Gasteiger partial charge in [-0.15, -0.1) is 0 Å². The molecule has 1 aliphatic rings. The summed E-state index contributed by atoms with van der Waals surface area (Å²) < 4.78 is 5.26. The lowest BCUT2D eigenvalue weighted by Crippen LogP contribution is -2.23. The number of anilines is 3. The van der Waals surface area contributed by atoms with Crippen LogP contribution < -0.4 is 10.6 Å². The van der Waals surface area contributed by atoms with Crippen molar-refractivity contribution in [3.05, 3.63) is 47.5 Å². The Labute approximate surface area is 149 Å². The molecule has 3 N–H and O–H groups in total. The molecule has 1 aliphatic heterocycles. The van der Waals surface area contributed by atoms with Crippen molar-refractivity contribution in [2.45, 2.75) is 6.42 Å². The number of nitrogens with one attached hydrogen (secondary N) is 3. The summed E-state index contributed by atoms with van der Waals surface area (Å²) in [5.74, 6) is 0.383. The number of para-hydroxylation sites is 1. The molecule has 2 aromatic carbocycles. The molecule has 4 rings (SSSR count). The second-order valence-electron chi connectivity index (χ2n) is 5.99. The number of carbonyl (C=O) groups is 1. The van der Waals surface area contributed by atoms with Crippen LogP contribution in [0.1, 0.15) is 6.42 Å². The molecule has 0 bridgehead atoms. The predicted octanol–water partition coefficient (Wildman–Crippen LogP) is 3.93. The Balaban J connectivity index is 1.54. The van der Waals surface area contributed by atoms with Crippen LogP contribution in [0, 0.1) is 5.92 Å². The van der Waals surface area contributed by atoms with Crippen molar-refractivity contribution in [2.75, 3.05) is 23.8 Å². The molecule has 6 nitrogen and oxygen atoms in total. The molecule has 0 aliphatic carbocycles. The smallest absolute Gasteiger partial charge is 0.231 e. The highest BCUT2D eigenvalue weighted by Gasteiger charge is 2.24. The first kappa shape index (κ1) is 15.9. The van der Waals surface area contributed by atoms with Crippen LogP contribution in [0.2, 0.25) is 5.02 Å². The number of nitrogens with zero attached hydrogens (tertiary/aromatic N) is 1. The lowest BCUT2D eigenvalue weighted by atomic mass is 10.1. The van der Waals surface area contributed by atoms with Gasteiger partial charge in [-0.2, -0.15) is 5.10 Å². The van der Waals surface area contributed by atoms with E-state index in [-0.39, 0.29) is 11.8 Å². The van der Waals surface area contributed by atoms with Gasteiger partial charge < -0.3 is 15.4 Å². The summed E-state index contributed by atoms with van der Waals surface area (Å²) in [4.78, 5) is 12.2. The fourth-order valence-electron chi connectivity index (χ4n) is 2.87. The van der Waals surface area contributed by atoms with Crippen LogP contribution in [-0.4, -0.2) is 29.3 Å². The summed E-state index contributed by atoms with van der Waals surface area (Å²) >= 11 is 6.18. The third-order valence-corrected chi connectivity index (χ3v) is 4.59. The summed E-state index contributed by atoms with van der Waals surface area (Å²) in [6.45, 7) is 1.11. The minimum absolute atomic E-state index is 0.0517. The van der Waals surface area contributed by atoms with Gasteiger partial charge in [-0.05, 0) is 36.8 Å². The zero-order valence-corrected chi connectivity index (χ0v) is 14.1. The summed E-state index contributed by atoms with van der Waals surface area (Å²) in [7, 11) is 0. The molecule has 1 fully saturated rings. The number of halogens is 1. The van der Waals surface area contributed by atoms with Crippen molar-refractivity contribution >= 4 is 45.6 Å². The maximum Gasteiger partial charge on any atom is 0.231 e. The Bertz CT molecular complexity index is 918. The highest BCUT2D eigenvalue weighted by atomic mass is 35.5. The first-order valence-corrected chi connectivity index (χ1v) is 8.47. The highest BCUT2D eigenvalue weighted by molar-refractivity contribution is 6.33. The molecular formula is C18H17ClN4O2. The number of H-pyrrole nitrogens is 1. The predicted molar refractivity (Wildman–Crippen MR) is 98.4 cm³/mol. The van der Waals surface area contributed by atoms with Crippen molar-refractivity contribution in [3.63, 3.8) is 0 Å². The average molecular weight is 357 g/mol. The van der Waals surface area contributed by atoms with E-state index in [0.29, 0.717) is 24.1 Å². The van der Waals surface area contributed by atoms with Crippen molar-refractivity contribution in [3.8, 4) is 0 Å². The van der Waals surface area contributed by atoms with Gasteiger partial charge in [0.1, 0.15) is 0 Å². The molecule has 1 amide bonds. The lowest BCUT2D eigenvalue weighted by Gasteiger charge is -2.09. The first-order valence-electron chi connectivity index (χ1n) is 8.09. The second-order valence-corrected chi connectivity index (χ2v) is 6.39. The number of aromatic amines is 1. The van der Waals surface area contributed by atoms with Crippen LogP contribution in [0.3, 0.4) is 0 Å². The fourth-order valence-corrected chi connectivity index (χ4v) is 3.05. The summed E-state index contributed by atoms with van der Waals surface area (Å²) in [5.41, 5.74) is 2.54. The molecule has 1 atom stereocenters. The number of hydrogen-bond acceptors (Lipinski definition) is 4. The summed E-state index contributed by atoms with van der Waals surface area (Å²) in [5, 5.41) is 14.8. The van der Waals surface area contributed by atoms with Crippen LogP contribution in [0.25, 0.3) is 10.9 Å². The van der Waals surface area contributed by atoms with Crippen LogP contribution in [0.5, 0.6) is 0 Å². The Kier molecular flexibility index (Phi) is 4.29. The first-order chi connectivity index (χ1) is 12.2. The fraction of sp³-hybridized carbons (Fsp3) is 0.222. The van der Waals surface area contributed by atoms with Crippen LogP contribution in [-0.2, 0) is 9.53 Å². The van der Waals surface area contributed by atoms with E-state index in [9.17, 15) is 4.79 Å². The Morgan fingerprint density at radius 3 is 2.96 bits per heavy atom. The van der Waals surface area contributed by atoms with Gasteiger partial charge in [0.05, 0.1) is 28.8 Å². The minimum atomic E-state index is -0.104. The van der Waals surface area contributed by atoms with Gasteiger partial charge in [-0.3, -0.25) is 9.89 Å². The maximum absolute atomic E-state index is 12.2. The number of amides is 1. The SMILES string of the molecule is O=C(Nc1n[nH]c2cc(Nc3ccccc3Cl)ccc12)C1CCOC1. The van der Waals surface area contributed by atoms with E-state index >= 15 is 0 Å². The quantitative estimate of drug-likeness (QED) is 0.661. The van der Waals surface area contributed by atoms with E-state index in [0.717, 1.165) is 28.7 Å². The number of benzene rings is 2. The molecule has 3 aromatic rings. The molecule has 0 spiro atoms. The summed E-state index contributed by atoms with van der Waals surface area (Å²) in [6, 6.07) is 13.3. The number of hydrogen-bond donors (Lipinski definition) is 3. The number of carbonyl (C=O) groups excluding carboxylic acids is 1. The van der Waals surface area contributed by atoms with E-state index in [1.54, 1.807) is 0 Å². The van der Waals surface area contributed by atoms with Gasteiger partial charge in [0.2, 0.25) is 5.91 Å². The average Bonchev–Trinajstić information content (AvgIpc) is 3.27. The van der Waals surface area contributed by atoms with Gasteiger partial charge in [-0.25, -0.2) is 0 Å². The molecule has 2 heterocycles. The van der Waals surface area contributed by atoms with E-state index in [1.165, 1.54) is 0 Å². The molecule has 25 heavy (non-hydrogen) atoms. The zero-order chi connectivity index (χ0) is 17.2. The van der Waals surface area contributed by atoms with Gasteiger partial charge in [0.15, 0.2) is 5.82 Å².